The highest BCUT2D eigenvalue weighted by Crippen LogP contribution is 2.09. The minimum atomic E-state index is -0.107. The van der Waals surface area contributed by atoms with Crippen molar-refractivity contribution in [2.75, 3.05) is 5.32 Å². The molecule has 0 saturated carbocycles. The van der Waals surface area contributed by atoms with Crippen LogP contribution in [0.5, 0.6) is 0 Å². The number of carbonyl (C=O) groups is 1. The van der Waals surface area contributed by atoms with E-state index in [1.165, 1.54) is 6.33 Å². The van der Waals surface area contributed by atoms with Crippen molar-refractivity contribution in [3.63, 3.8) is 0 Å². The predicted octanol–water partition coefficient (Wildman–Crippen LogP) is 0.567. The molecule has 2 heterocycles. The lowest BCUT2D eigenvalue weighted by Crippen LogP contribution is -2.14. The quantitative estimate of drug-likeness (QED) is 0.721. The number of hydrogen-bond acceptors (Lipinski definition) is 5. The van der Waals surface area contributed by atoms with Crippen LogP contribution in [-0.4, -0.2) is 36.3 Å². The summed E-state index contributed by atoms with van der Waals surface area (Å²) in [5, 5.41) is 20.1. The number of amides is 1. The molecule has 2 aromatic heterocycles. The third-order valence-electron chi connectivity index (χ3n) is 2.69. The molecule has 0 atom stereocenters. The van der Waals surface area contributed by atoms with Gasteiger partial charge >= 0.3 is 0 Å². The number of benzene rings is 1. The molecule has 8 heteroatoms. The molecule has 0 aliphatic rings. The molecule has 0 unspecified atom stereocenters. The van der Waals surface area contributed by atoms with Gasteiger partial charge in [-0.2, -0.15) is 5.10 Å². The van der Waals surface area contributed by atoms with Crippen LogP contribution in [0.3, 0.4) is 0 Å². The second kappa shape index (κ2) is 5.31. The molecule has 0 saturated heterocycles. The molecule has 8 nitrogen and oxygen atoms in total. The van der Waals surface area contributed by atoms with Crippen LogP contribution >= 0.6 is 0 Å². The summed E-state index contributed by atoms with van der Waals surface area (Å²) in [6.45, 7) is 0. The average molecular weight is 269 g/mol. The first-order chi connectivity index (χ1) is 9.81. The maximum Gasteiger partial charge on any atom is 0.229 e. The lowest BCUT2D eigenvalue weighted by atomic mass is 10.1. The molecule has 3 rings (SSSR count). The number of aromatic nitrogens is 6. The fourth-order valence-corrected chi connectivity index (χ4v) is 1.75. The lowest BCUT2D eigenvalue weighted by molar-refractivity contribution is -0.115. The number of rotatable bonds is 4. The summed E-state index contributed by atoms with van der Waals surface area (Å²) >= 11 is 0. The number of tetrazole rings is 1. The fourth-order valence-electron chi connectivity index (χ4n) is 1.75. The number of anilines is 1. The maximum absolute atomic E-state index is 11.8. The van der Waals surface area contributed by atoms with Crippen LogP contribution in [0.4, 0.5) is 5.82 Å². The average Bonchev–Trinajstić information content (AvgIpc) is 3.12. The monoisotopic (exact) mass is 269 g/mol. The van der Waals surface area contributed by atoms with Crippen LogP contribution < -0.4 is 5.32 Å². The molecule has 2 N–H and O–H groups in total. The first kappa shape index (κ1) is 12.0. The van der Waals surface area contributed by atoms with Crippen molar-refractivity contribution in [3.8, 4) is 5.69 Å². The van der Waals surface area contributed by atoms with E-state index >= 15 is 0 Å². The molecule has 0 spiro atoms. The highest BCUT2D eigenvalue weighted by atomic mass is 16.1. The summed E-state index contributed by atoms with van der Waals surface area (Å²) in [6, 6.07) is 9.14. The van der Waals surface area contributed by atoms with Crippen molar-refractivity contribution in [3.05, 3.63) is 48.4 Å². The molecule has 20 heavy (non-hydrogen) atoms. The van der Waals surface area contributed by atoms with Crippen LogP contribution in [0.15, 0.2) is 42.9 Å². The van der Waals surface area contributed by atoms with Crippen molar-refractivity contribution < 1.29 is 4.79 Å². The largest absolute Gasteiger partial charge is 0.311 e. The van der Waals surface area contributed by atoms with E-state index in [9.17, 15) is 4.79 Å². The molecule has 0 aliphatic carbocycles. The normalized spacial score (nSPS) is 10.4. The van der Waals surface area contributed by atoms with Gasteiger partial charge < -0.3 is 5.32 Å². The number of hydrogen-bond donors (Lipinski definition) is 2. The molecular weight excluding hydrogens is 258 g/mol. The number of aromatic amines is 1. The van der Waals surface area contributed by atoms with Crippen molar-refractivity contribution in [1.29, 1.82) is 0 Å². The number of nitrogens with zero attached hydrogens (tertiary/aromatic N) is 5. The van der Waals surface area contributed by atoms with Crippen molar-refractivity contribution in [1.82, 2.24) is 30.4 Å². The van der Waals surface area contributed by atoms with Crippen LogP contribution in [0, 0.1) is 0 Å². The zero-order chi connectivity index (χ0) is 13.8. The Hall–Kier alpha value is -3.03. The zero-order valence-electron chi connectivity index (χ0n) is 10.4. The molecule has 0 radical (unpaired) electrons. The van der Waals surface area contributed by atoms with E-state index < -0.39 is 0 Å². The van der Waals surface area contributed by atoms with E-state index in [0.717, 1.165) is 11.3 Å². The Morgan fingerprint density at radius 3 is 2.75 bits per heavy atom. The summed E-state index contributed by atoms with van der Waals surface area (Å²) in [5.74, 6) is 0.477. The third kappa shape index (κ3) is 2.69. The summed E-state index contributed by atoms with van der Waals surface area (Å²) in [6.07, 6.45) is 3.38. The SMILES string of the molecule is O=C(Cc1ccc(-n2cnnn2)cc1)Nc1ccn[nH]1. The summed E-state index contributed by atoms with van der Waals surface area (Å²) < 4.78 is 1.55. The Morgan fingerprint density at radius 1 is 1.25 bits per heavy atom. The summed E-state index contributed by atoms with van der Waals surface area (Å²) in [5.41, 5.74) is 1.74. The van der Waals surface area contributed by atoms with Gasteiger partial charge in [-0.3, -0.25) is 9.89 Å². The summed E-state index contributed by atoms with van der Waals surface area (Å²) in [4.78, 5) is 11.8. The third-order valence-corrected chi connectivity index (χ3v) is 2.69. The maximum atomic E-state index is 11.8. The highest BCUT2D eigenvalue weighted by molar-refractivity contribution is 5.91. The zero-order valence-corrected chi connectivity index (χ0v) is 10.4. The van der Waals surface area contributed by atoms with Gasteiger partial charge in [-0.15, -0.1) is 5.10 Å². The van der Waals surface area contributed by atoms with E-state index in [1.54, 1.807) is 16.9 Å². The minimum Gasteiger partial charge on any atom is -0.311 e. The fraction of sp³-hybridized carbons (Fsp3) is 0.0833. The number of carbonyl (C=O) groups excluding carboxylic acids is 1. The molecule has 100 valence electrons. The second-order valence-electron chi connectivity index (χ2n) is 4.12. The van der Waals surface area contributed by atoms with Gasteiger partial charge in [-0.25, -0.2) is 4.68 Å². The Kier molecular flexibility index (Phi) is 3.19. The molecule has 3 aromatic rings. The van der Waals surface area contributed by atoms with Gasteiger partial charge in [0.15, 0.2) is 0 Å². The Bertz CT molecular complexity index is 673. The summed E-state index contributed by atoms with van der Waals surface area (Å²) in [7, 11) is 0. The van der Waals surface area contributed by atoms with Crippen molar-refractivity contribution >= 4 is 11.7 Å². The van der Waals surface area contributed by atoms with E-state index in [-0.39, 0.29) is 12.3 Å². The minimum absolute atomic E-state index is 0.107. The van der Waals surface area contributed by atoms with Crippen LogP contribution in [0.25, 0.3) is 5.69 Å². The molecular formula is C12H11N7O. The van der Waals surface area contributed by atoms with Crippen LogP contribution in [-0.2, 0) is 11.2 Å². The molecule has 1 aromatic carbocycles. The highest BCUT2D eigenvalue weighted by Gasteiger charge is 2.05. The van der Waals surface area contributed by atoms with Crippen LogP contribution in [0.2, 0.25) is 0 Å². The molecule has 0 aliphatic heterocycles. The van der Waals surface area contributed by atoms with Gasteiger partial charge in [-0.05, 0) is 28.1 Å². The van der Waals surface area contributed by atoms with Gasteiger partial charge in [0.1, 0.15) is 12.1 Å². The van der Waals surface area contributed by atoms with Crippen molar-refractivity contribution in [2.45, 2.75) is 6.42 Å². The Morgan fingerprint density at radius 2 is 2.10 bits per heavy atom. The Balaban J connectivity index is 1.65. The molecule has 0 bridgehead atoms. The van der Waals surface area contributed by atoms with Gasteiger partial charge in [-0.1, -0.05) is 12.1 Å². The van der Waals surface area contributed by atoms with E-state index in [2.05, 4.69) is 31.0 Å². The topological polar surface area (TPSA) is 101 Å². The van der Waals surface area contributed by atoms with E-state index in [0.29, 0.717) is 5.82 Å². The molecule has 0 fully saturated rings. The number of nitrogens with one attached hydrogen (secondary N) is 2. The second-order valence-corrected chi connectivity index (χ2v) is 4.12. The van der Waals surface area contributed by atoms with Gasteiger partial charge in [0.2, 0.25) is 5.91 Å². The van der Waals surface area contributed by atoms with Crippen LogP contribution in [0.1, 0.15) is 5.56 Å². The number of H-pyrrole nitrogens is 1. The smallest absolute Gasteiger partial charge is 0.229 e. The molecule has 1 amide bonds. The van der Waals surface area contributed by atoms with E-state index in [1.807, 2.05) is 24.3 Å². The van der Waals surface area contributed by atoms with Gasteiger partial charge in [0.25, 0.3) is 0 Å². The van der Waals surface area contributed by atoms with Gasteiger partial charge in [0, 0.05) is 6.07 Å². The first-order valence-electron chi connectivity index (χ1n) is 5.93. The first-order valence-corrected chi connectivity index (χ1v) is 5.93. The predicted molar refractivity (Wildman–Crippen MR) is 70.1 cm³/mol. The standard InChI is InChI=1S/C12H11N7O/c20-12(15-11-5-6-13-16-11)7-9-1-3-10(4-2-9)19-8-14-17-18-19/h1-6,8H,7H2,(H2,13,15,16,20). The Labute approximate surface area is 113 Å². The van der Waals surface area contributed by atoms with Gasteiger partial charge in [0.05, 0.1) is 18.3 Å². The lowest BCUT2D eigenvalue weighted by Gasteiger charge is -2.04. The van der Waals surface area contributed by atoms with E-state index in [4.69, 9.17) is 0 Å². The van der Waals surface area contributed by atoms with Crippen molar-refractivity contribution in [2.24, 2.45) is 0 Å².